The van der Waals surface area contributed by atoms with Gasteiger partial charge in [0.2, 0.25) is 5.91 Å². The van der Waals surface area contributed by atoms with Crippen molar-refractivity contribution in [3.8, 4) is 5.75 Å². The Kier molecular flexibility index (Phi) is 6.91. The average molecular weight is 446 g/mol. The predicted molar refractivity (Wildman–Crippen MR) is 115 cm³/mol. The zero-order valence-corrected chi connectivity index (χ0v) is 17.7. The first-order valence-corrected chi connectivity index (χ1v) is 10.8. The summed E-state index contributed by atoms with van der Waals surface area (Å²) >= 11 is 6.06. The Morgan fingerprint density at radius 2 is 1.87 bits per heavy atom. The monoisotopic (exact) mass is 445 g/mol. The van der Waals surface area contributed by atoms with Gasteiger partial charge >= 0.3 is 0 Å². The lowest BCUT2D eigenvalue weighted by Gasteiger charge is -2.24. The Labute approximate surface area is 180 Å². The second-order valence-electron chi connectivity index (χ2n) is 6.26. The van der Waals surface area contributed by atoms with E-state index in [1.54, 1.807) is 54.7 Å². The average Bonchev–Trinajstić information content (AvgIpc) is 2.76. The summed E-state index contributed by atoms with van der Waals surface area (Å²) in [6.45, 7) is -0.229. The molecule has 3 aromatic rings. The van der Waals surface area contributed by atoms with Gasteiger partial charge in [-0.15, -0.1) is 0 Å². The Morgan fingerprint density at radius 3 is 2.50 bits per heavy atom. The molecule has 0 aliphatic carbocycles. The third-order valence-electron chi connectivity index (χ3n) is 4.22. The molecule has 0 atom stereocenters. The Morgan fingerprint density at radius 1 is 1.10 bits per heavy atom. The number of carbonyl (C=O) groups is 1. The van der Waals surface area contributed by atoms with E-state index < -0.39 is 22.5 Å². The number of hydrogen-bond acceptors (Lipinski definition) is 5. The van der Waals surface area contributed by atoms with E-state index in [-0.39, 0.29) is 17.1 Å². The maximum absolute atomic E-state index is 13.3. The number of sulfonamides is 1. The van der Waals surface area contributed by atoms with Gasteiger partial charge < -0.3 is 10.1 Å². The van der Waals surface area contributed by atoms with Crippen LogP contribution in [0.15, 0.2) is 77.8 Å². The lowest BCUT2D eigenvalue weighted by molar-refractivity contribution is -0.119. The summed E-state index contributed by atoms with van der Waals surface area (Å²) < 4.78 is 32.7. The fraction of sp³-hybridized carbons (Fsp3) is 0.143. The molecule has 7 nitrogen and oxygen atoms in total. The molecular weight excluding hydrogens is 426 g/mol. The van der Waals surface area contributed by atoms with Crippen molar-refractivity contribution in [3.05, 3.63) is 83.6 Å². The molecule has 0 spiro atoms. The number of rotatable bonds is 8. The zero-order chi connectivity index (χ0) is 21.6. The predicted octanol–water partition coefficient (Wildman–Crippen LogP) is 3.26. The standard InChI is InChI=1S/C21H20ClN3O4S/c1-29-19-8-10-20(11-9-19)30(27,28)25(18-7-4-5-16(22)13-18)15-21(26)24-14-17-6-2-3-12-23-17/h2-13H,14-15H2,1H3,(H,24,26). The number of ether oxygens (including phenoxy) is 1. The first-order valence-electron chi connectivity index (χ1n) is 8.99. The molecule has 1 aromatic heterocycles. The fourth-order valence-electron chi connectivity index (χ4n) is 2.70. The molecule has 0 aliphatic heterocycles. The van der Waals surface area contributed by atoms with Gasteiger partial charge in [-0.25, -0.2) is 8.42 Å². The van der Waals surface area contributed by atoms with Gasteiger partial charge in [-0.05, 0) is 54.6 Å². The molecule has 156 valence electrons. The largest absolute Gasteiger partial charge is 0.497 e. The molecule has 30 heavy (non-hydrogen) atoms. The van der Waals surface area contributed by atoms with Crippen LogP contribution < -0.4 is 14.4 Å². The summed E-state index contributed by atoms with van der Waals surface area (Å²) in [4.78, 5) is 16.7. The molecule has 1 heterocycles. The van der Waals surface area contributed by atoms with Gasteiger partial charge in [0.15, 0.2) is 0 Å². The van der Waals surface area contributed by atoms with Gasteiger partial charge in [-0.1, -0.05) is 23.7 Å². The minimum Gasteiger partial charge on any atom is -0.497 e. The van der Waals surface area contributed by atoms with E-state index in [2.05, 4.69) is 10.3 Å². The van der Waals surface area contributed by atoms with E-state index in [4.69, 9.17) is 16.3 Å². The molecule has 0 radical (unpaired) electrons. The molecular formula is C21H20ClN3O4S. The van der Waals surface area contributed by atoms with E-state index in [1.807, 2.05) is 0 Å². The quantitative estimate of drug-likeness (QED) is 0.575. The summed E-state index contributed by atoms with van der Waals surface area (Å²) in [5.41, 5.74) is 0.949. The topological polar surface area (TPSA) is 88.6 Å². The number of carbonyl (C=O) groups excluding carboxylic acids is 1. The number of amides is 1. The number of methoxy groups -OCH3 is 1. The normalized spacial score (nSPS) is 11.0. The van der Waals surface area contributed by atoms with E-state index in [0.29, 0.717) is 16.5 Å². The maximum atomic E-state index is 13.3. The fourth-order valence-corrected chi connectivity index (χ4v) is 4.30. The minimum absolute atomic E-state index is 0.0285. The first-order chi connectivity index (χ1) is 14.4. The molecule has 0 unspecified atom stereocenters. The number of nitrogens with zero attached hydrogens (tertiary/aromatic N) is 2. The summed E-state index contributed by atoms with van der Waals surface area (Å²) in [6.07, 6.45) is 1.62. The highest BCUT2D eigenvalue weighted by Gasteiger charge is 2.27. The molecule has 1 N–H and O–H groups in total. The van der Waals surface area contributed by atoms with Crippen LogP contribution in [0.5, 0.6) is 5.75 Å². The van der Waals surface area contributed by atoms with Crippen LogP contribution in [0.3, 0.4) is 0 Å². The number of aromatic nitrogens is 1. The lowest BCUT2D eigenvalue weighted by Crippen LogP contribution is -2.40. The Hall–Kier alpha value is -3.10. The number of halogens is 1. The van der Waals surface area contributed by atoms with E-state index in [9.17, 15) is 13.2 Å². The van der Waals surface area contributed by atoms with Crippen LogP contribution in [0, 0.1) is 0 Å². The van der Waals surface area contributed by atoms with Crippen LogP contribution in [0.1, 0.15) is 5.69 Å². The molecule has 0 aliphatic rings. The highest BCUT2D eigenvalue weighted by atomic mass is 35.5. The number of anilines is 1. The van der Waals surface area contributed by atoms with Gasteiger partial charge in [0.25, 0.3) is 10.0 Å². The summed E-state index contributed by atoms with van der Waals surface area (Å²) in [7, 11) is -2.54. The third kappa shape index (κ3) is 5.28. The minimum atomic E-state index is -4.03. The van der Waals surface area contributed by atoms with E-state index >= 15 is 0 Å². The molecule has 9 heteroatoms. The van der Waals surface area contributed by atoms with Crippen LogP contribution in [-0.4, -0.2) is 33.0 Å². The molecule has 1 amide bonds. The van der Waals surface area contributed by atoms with Crippen LogP contribution in [0.2, 0.25) is 5.02 Å². The van der Waals surface area contributed by atoms with Gasteiger partial charge in [0, 0.05) is 11.2 Å². The lowest BCUT2D eigenvalue weighted by atomic mass is 10.3. The second kappa shape index (κ2) is 9.60. The zero-order valence-electron chi connectivity index (χ0n) is 16.2. The molecule has 2 aromatic carbocycles. The van der Waals surface area contributed by atoms with Crippen molar-refractivity contribution >= 4 is 33.2 Å². The number of nitrogens with one attached hydrogen (secondary N) is 1. The van der Waals surface area contributed by atoms with Crippen molar-refractivity contribution in [2.24, 2.45) is 0 Å². The number of pyridine rings is 1. The summed E-state index contributed by atoms with van der Waals surface area (Å²) in [5, 5.41) is 3.05. The van der Waals surface area contributed by atoms with Crippen molar-refractivity contribution in [3.63, 3.8) is 0 Å². The second-order valence-corrected chi connectivity index (χ2v) is 8.56. The van der Waals surface area contributed by atoms with Crippen molar-refractivity contribution in [1.82, 2.24) is 10.3 Å². The Bertz CT molecular complexity index is 1110. The van der Waals surface area contributed by atoms with Gasteiger partial charge in [0.05, 0.1) is 29.9 Å². The highest BCUT2D eigenvalue weighted by Crippen LogP contribution is 2.27. The first kappa shape index (κ1) is 21.6. The van der Waals surface area contributed by atoms with Gasteiger partial charge in [0.1, 0.15) is 12.3 Å². The van der Waals surface area contributed by atoms with Crippen LogP contribution >= 0.6 is 11.6 Å². The third-order valence-corrected chi connectivity index (χ3v) is 6.25. The van der Waals surface area contributed by atoms with Crippen molar-refractivity contribution in [2.45, 2.75) is 11.4 Å². The van der Waals surface area contributed by atoms with Gasteiger partial charge in [-0.3, -0.25) is 14.1 Å². The summed E-state index contributed by atoms with van der Waals surface area (Å²) in [6, 6.07) is 17.6. The SMILES string of the molecule is COc1ccc(S(=O)(=O)N(CC(=O)NCc2ccccn2)c2cccc(Cl)c2)cc1. The van der Waals surface area contributed by atoms with E-state index in [0.717, 1.165) is 4.31 Å². The molecule has 0 saturated carbocycles. The number of benzene rings is 2. The molecule has 0 bridgehead atoms. The van der Waals surface area contributed by atoms with Gasteiger partial charge in [-0.2, -0.15) is 0 Å². The molecule has 3 rings (SSSR count). The van der Waals surface area contributed by atoms with Crippen molar-refractivity contribution in [1.29, 1.82) is 0 Å². The van der Waals surface area contributed by atoms with Crippen LogP contribution in [0.25, 0.3) is 0 Å². The van der Waals surface area contributed by atoms with Crippen LogP contribution in [-0.2, 0) is 21.4 Å². The maximum Gasteiger partial charge on any atom is 0.264 e. The molecule has 0 saturated heterocycles. The number of hydrogen-bond donors (Lipinski definition) is 1. The molecule has 0 fully saturated rings. The Balaban J connectivity index is 1.87. The van der Waals surface area contributed by atoms with Crippen molar-refractivity contribution < 1.29 is 17.9 Å². The van der Waals surface area contributed by atoms with E-state index in [1.165, 1.54) is 25.3 Å². The summed E-state index contributed by atoms with van der Waals surface area (Å²) in [5.74, 6) is 0.0501. The van der Waals surface area contributed by atoms with Crippen molar-refractivity contribution in [2.75, 3.05) is 18.0 Å². The highest BCUT2D eigenvalue weighted by molar-refractivity contribution is 7.92. The smallest absolute Gasteiger partial charge is 0.264 e. The van der Waals surface area contributed by atoms with Crippen LogP contribution in [0.4, 0.5) is 5.69 Å².